The molecule has 0 aromatic heterocycles. The Morgan fingerprint density at radius 3 is 2.55 bits per heavy atom. The summed E-state index contributed by atoms with van der Waals surface area (Å²) in [6.07, 6.45) is 5.88. The van der Waals surface area contributed by atoms with Crippen LogP contribution in [0.5, 0.6) is 5.75 Å². The van der Waals surface area contributed by atoms with Crippen molar-refractivity contribution in [2.24, 2.45) is 0 Å². The lowest BCUT2D eigenvalue weighted by Crippen LogP contribution is -2.36. The predicted octanol–water partition coefficient (Wildman–Crippen LogP) is 2.55. The maximum absolute atomic E-state index is 12.0. The Labute approximate surface area is 128 Å². The van der Waals surface area contributed by atoms with Crippen molar-refractivity contribution in [2.75, 3.05) is 7.11 Å². The zero-order valence-corrected chi connectivity index (χ0v) is 12.2. The highest BCUT2D eigenvalue weighted by atomic mass is 16.7. The first-order valence-corrected chi connectivity index (χ1v) is 6.66. The molecule has 0 radical (unpaired) electrons. The number of carbonyl (C=O) groups is 2. The maximum Gasteiger partial charge on any atom is 0.343 e. The number of ether oxygens (including phenoxy) is 3. The van der Waals surface area contributed by atoms with E-state index in [4.69, 9.17) is 14.2 Å². The van der Waals surface area contributed by atoms with Gasteiger partial charge in [0.2, 0.25) is 5.79 Å². The van der Waals surface area contributed by atoms with Crippen LogP contribution in [0.1, 0.15) is 6.42 Å². The normalized spacial score (nSPS) is 20.0. The number of rotatable bonds is 5. The second-order valence-corrected chi connectivity index (χ2v) is 4.54. The van der Waals surface area contributed by atoms with Crippen molar-refractivity contribution in [1.82, 2.24) is 0 Å². The lowest BCUT2D eigenvalue weighted by molar-refractivity contribution is -0.194. The highest BCUT2D eigenvalue weighted by molar-refractivity contribution is 5.93. The molecule has 22 heavy (non-hydrogen) atoms. The van der Waals surface area contributed by atoms with E-state index in [1.165, 1.54) is 19.3 Å². The summed E-state index contributed by atoms with van der Waals surface area (Å²) < 4.78 is 15.6. The molecule has 5 heteroatoms. The minimum Gasteiger partial charge on any atom is -0.426 e. The first-order valence-electron chi connectivity index (χ1n) is 6.66. The van der Waals surface area contributed by atoms with Crippen LogP contribution in [0.3, 0.4) is 0 Å². The maximum atomic E-state index is 12.0. The summed E-state index contributed by atoms with van der Waals surface area (Å²) in [7, 11) is 1.42. The van der Waals surface area contributed by atoms with Crippen LogP contribution in [-0.2, 0) is 19.1 Å². The smallest absolute Gasteiger partial charge is 0.343 e. The summed E-state index contributed by atoms with van der Waals surface area (Å²) in [6.45, 7) is 3.34. The third-order valence-electron chi connectivity index (χ3n) is 3.10. The predicted molar refractivity (Wildman–Crippen MR) is 79.9 cm³/mol. The molecule has 0 spiro atoms. The molecular formula is C17H16O5. The molecule has 0 fully saturated rings. The summed E-state index contributed by atoms with van der Waals surface area (Å²) in [6, 6.07) is 8.77. The van der Waals surface area contributed by atoms with E-state index in [1.54, 1.807) is 30.3 Å². The summed E-state index contributed by atoms with van der Waals surface area (Å²) >= 11 is 0. The number of hydrogen-bond donors (Lipinski definition) is 0. The highest BCUT2D eigenvalue weighted by Gasteiger charge is 2.33. The third-order valence-corrected chi connectivity index (χ3v) is 3.10. The van der Waals surface area contributed by atoms with Gasteiger partial charge in [-0.25, -0.2) is 9.59 Å². The molecule has 2 rings (SSSR count). The number of para-hydroxylation sites is 1. The molecule has 0 N–H and O–H groups in total. The number of benzene rings is 1. The van der Waals surface area contributed by atoms with Crippen LogP contribution in [0, 0.1) is 0 Å². The average molecular weight is 300 g/mol. The molecule has 1 unspecified atom stereocenters. The number of methoxy groups -OCH3 is 1. The van der Waals surface area contributed by atoms with Crippen LogP contribution >= 0.6 is 0 Å². The molecule has 0 saturated heterocycles. The van der Waals surface area contributed by atoms with Crippen molar-refractivity contribution < 1.29 is 23.8 Å². The van der Waals surface area contributed by atoms with Gasteiger partial charge in [-0.15, -0.1) is 0 Å². The van der Waals surface area contributed by atoms with E-state index >= 15 is 0 Å². The van der Waals surface area contributed by atoms with Gasteiger partial charge in [-0.1, -0.05) is 30.9 Å². The lowest BCUT2D eigenvalue weighted by atomic mass is 10.0. The largest absolute Gasteiger partial charge is 0.426 e. The summed E-state index contributed by atoms with van der Waals surface area (Å²) in [5.74, 6) is -1.84. The van der Waals surface area contributed by atoms with Crippen molar-refractivity contribution in [2.45, 2.75) is 12.2 Å². The van der Waals surface area contributed by atoms with E-state index in [1.807, 2.05) is 6.07 Å². The average Bonchev–Trinajstić information content (AvgIpc) is 2.56. The monoisotopic (exact) mass is 300 g/mol. The fourth-order valence-corrected chi connectivity index (χ4v) is 1.89. The van der Waals surface area contributed by atoms with E-state index in [0.717, 1.165) is 6.08 Å². The fourth-order valence-electron chi connectivity index (χ4n) is 1.89. The second-order valence-electron chi connectivity index (χ2n) is 4.54. The molecule has 5 nitrogen and oxygen atoms in total. The third kappa shape index (κ3) is 3.71. The van der Waals surface area contributed by atoms with Gasteiger partial charge in [0.25, 0.3) is 0 Å². The molecular weight excluding hydrogens is 284 g/mol. The Hall–Kier alpha value is -2.66. The van der Waals surface area contributed by atoms with Crippen LogP contribution in [0.25, 0.3) is 0 Å². The topological polar surface area (TPSA) is 61.8 Å². The zero-order valence-electron chi connectivity index (χ0n) is 12.2. The van der Waals surface area contributed by atoms with E-state index in [2.05, 4.69) is 6.58 Å². The molecule has 0 amide bonds. The Morgan fingerprint density at radius 1 is 1.27 bits per heavy atom. The van der Waals surface area contributed by atoms with Crippen LogP contribution in [0.15, 0.2) is 66.8 Å². The molecule has 0 saturated carbocycles. The van der Waals surface area contributed by atoms with Gasteiger partial charge in [-0.3, -0.25) is 0 Å². The van der Waals surface area contributed by atoms with Crippen molar-refractivity contribution in [1.29, 1.82) is 0 Å². The van der Waals surface area contributed by atoms with E-state index in [0.29, 0.717) is 11.3 Å². The van der Waals surface area contributed by atoms with Crippen LogP contribution in [0.4, 0.5) is 0 Å². The van der Waals surface area contributed by atoms with Gasteiger partial charge in [0.15, 0.2) is 0 Å². The van der Waals surface area contributed by atoms with Crippen molar-refractivity contribution in [3.05, 3.63) is 66.8 Å². The molecule has 1 aromatic rings. The van der Waals surface area contributed by atoms with Crippen molar-refractivity contribution >= 4 is 11.9 Å². The Kier molecular flexibility index (Phi) is 4.91. The van der Waals surface area contributed by atoms with Gasteiger partial charge >= 0.3 is 11.9 Å². The first-order chi connectivity index (χ1) is 10.6. The molecule has 114 valence electrons. The highest BCUT2D eigenvalue weighted by Crippen LogP contribution is 2.27. The van der Waals surface area contributed by atoms with Gasteiger partial charge in [0, 0.05) is 19.6 Å². The Bertz CT molecular complexity index is 630. The fraction of sp³-hybridized carbons (Fsp3) is 0.176. The minimum absolute atomic E-state index is 0.207. The van der Waals surface area contributed by atoms with Gasteiger partial charge in [-0.2, -0.15) is 0 Å². The van der Waals surface area contributed by atoms with Crippen LogP contribution < -0.4 is 4.74 Å². The van der Waals surface area contributed by atoms with Gasteiger partial charge in [0.05, 0.1) is 5.57 Å². The lowest BCUT2D eigenvalue weighted by Gasteiger charge is -2.29. The van der Waals surface area contributed by atoms with Crippen LogP contribution in [-0.4, -0.2) is 24.8 Å². The summed E-state index contributed by atoms with van der Waals surface area (Å²) in [5, 5.41) is 0. The molecule has 1 aliphatic carbocycles. The molecule has 0 aliphatic heterocycles. The van der Waals surface area contributed by atoms with E-state index in [-0.39, 0.29) is 6.42 Å². The molecule has 0 heterocycles. The molecule has 1 aromatic carbocycles. The van der Waals surface area contributed by atoms with Crippen molar-refractivity contribution in [3.8, 4) is 5.75 Å². The SMILES string of the molecule is C=CC(=O)OC1(OC)C=CC(C(=O)Oc2ccccc2)=CC1. The van der Waals surface area contributed by atoms with Crippen molar-refractivity contribution in [3.63, 3.8) is 0 Å². The van der Waals surface area contributed by atoms with Gasteiger partial charge in [-0.05, 0) is 24.3 Å². The number of esters is 2. The molecule has 0 bridgehead atoms. The van der Waals surface area contributed by atoms with E-state index < -0.39 is 17.7 Å². The zero-order chi connectivity index (χ0) is 16.0. The molecule has 1 atom stereocenters. The Balaban J connectivity index is 2.04. The van der Waals surface area contributed by atoms with E-state index in [9.17, 15) is 9.59 Å². The quantitative estimate of drug-likeness (QED) is 0.362. The van der Waals surface area contributed by atoms with Crippen LogP contribution in [0.2, 0.25) is 0 Å². The number of hydrogen-bond acceptors (Lipinski definition) is 5. The minimum atomic E-state index is -1.22. The van der Waals surface area contributed by atoms with Gasteiger partial charge < -0.3 is 14.2 Å². The summed E-state index contributed by atoms with van der Waals surface area (Å²) in [4.78, 5) is 23.4. The van der Waals surface area contributed by atoms with Gasteiger partial charge in [0.1, 0.15) is 5.75 Å². The summed E-state index contributed by atoms with van der Waals surface area (Å²) in [5.41, 5.74) is 0.367. The Morgan fingerprint density at radius 2 is 2.00 bits per heavy atom. The second kappa shape index (κ2) is 6.87. The standard InChI is InChI=1S/C17H16O5/c1-3-15(18)22-17(20-2)11-9-13(10-12-17)16(19)21-14-7-5-4-6-8-14/h3-11H,1,12H2,2H3. The molecule has 1 aliphatic rings. The first kappa shape index (κ1) is 15.7. The number of carbonyl (C=O) groups excluding carboxylic acids is 2.